The van der Waals surface area contributed by atoms with E-state index in [-0.39, 0.29) is 5.57 Å². The van der Waals surface area contributed by atoms with Crippen LogP contribution in [0.2, 0.25) is 0 Å². The van der Waals surface area contributed by atoms with Gasteiger partial charge in [-0.3, -0.25) is 14.9 Å². The van der Waals surface area contributed by atoms with E-state index in [2.05, 4.69) is 11.4 Å². The van der Waals surface area contributed by atoms with Crippen LogP contribution in [0.5, 0.6) is 11.5 Å². The first-order chi connectivity index (χ1) is 17.2. The average Bonchev–Trinajstić information content (AvgIpc) is 2.82. The van der Waals surface area contributed by atoms with Gasteiger partial charge in [-0.1, -0.05) is 41.5 Å². The Hall–Kier alpha value is -4.39. The summed E-state index contributed by atoms with van der Waals surface area (Å²) in [5.41, 5.74) is 5.63. The Kier molecular flexibility index (Phi) is 6.92. The molecular formula is C29H28N2O5. The van der Waals surface area contributed by atoms with Crippen LogP contribution in [-0.2, 0) is 16.2 Å². The van der Waals surface area contributed by atoms with Gasteiger partial charge in [0.25, 0.3) is 11.8 Å². The summed E-state index contributed by atoms with van der Waals surface area (Å²) >= 11 is 0. The maximum absolute atomic E-state index is 13.4. The third kappa shape index (κ3) is 5.15. The molecule has 1 aliphatic heterocycles. The molecule has 0 aromatic heterocycles. The Morgan fingerprint density at radius 1 is 0.861 bits per heavy atom. The van der Waals surface area contributed by atoms with E-state index in [0.717, 1.165) is 32.7 Å². The number of ether oxygens (including phenoxy) is 2. The molecule has 0 radical (unpaired) electrons. The standard InChI is InChI=1S/C29H28N2O5/c1-17-6-7-20(4)25(13-17)31-28(33)24(27(32)30-29(31)34)14-22-8-9-23(35-5)15-26(22)36-16-21-11-18(2)10-19(3)12-21/h6-15H,16H2,1-5H3,(H,30,32,34)/b24-14+. The zero-order valence-corrected chi connectivity index (χ0v) is 21.0. The first kappa shape index (κ1) is 24.7. The number of rotatable bonds is 6. The highest BCUT2D eigenvalue weighted by atomic mass is 16.5. The third-order valence-corrected chi connectivity index (χ3v) is 5.90. The number of carbonyl (C=O) groups excluding carboxylic acids is 3. The highest BCUT2D eigenvalue weighted by Crippen LogP contribution is 2.30. The topological polar surface area (TPSA) is 84.9 Å². The van der Waals surface area contributed by atoms with E-state index in [1.807, 2.05) is 45.0 Å². The van der Waals surface area contributed by atoms with Crippen molar-refractivity contribution in [3.05, 3.63) is 93.6 Å². The first-order valence-electron chi connectivity index (χ1n) is 11.5. The zero-order chi connectivity index (χ0) is 26.0. The van der Waals surface area contributed by atoms with Crippen LogP contribution < -0.4 is 19.7 Å². The molecule has 0 saturated carbocycles. The van der Waals surface area contributed by atoms with Crippen molar-refractivity contribution in [2.24, 2.45) is 0 Å². The molecule has 4 rings (SSSR count). The number of benzene rings is 3. The fraction of sp³-hybridized carbons (Fsp3) is 0.207. The third-order valence-electron chi connectivity index (χ3n) is 5.90. The summed E-state index contributed by atoms with van der Waals surface area (Å²) in [6.45, 7) is 8.01. The van der Waals surface area contributed by atoms with Gasteiger partial charge in [0.15, 0.2) is 0 Å². The Bertz CT molecular complexity index is 1390. The summed E-state index contributed by atoms with van der Waals surface area (Å²) in [6, 6.07) is 16.0. The van der Waals surface area contributed by atoms with Crippen LogP contribution in [0.1, 0.15) is 33.4 Å². The average molecular weight is 485 g/mol. The number of imide groups is 2. The molecule has 4 amide bonds. The van der Waals surface area contributed by atoms with Gasteiger partial charge in [-0.05, 0) is 68.7 Å². The maximum Gasteiger partial charge on any atom is 0.335 e. The normalized spacial score (nSPS) is 14.8. The van der Waals surface area contributed by atoms with Crippen LogP contribution in [0.3, 0.4) is 0 Å². The quantitative estimate of drug-likeness (QED) is 0.385. The first-order valence-corrected chi connectivity index (χ1v) is 11.5. The van der Waals surface area contributed by atoms with Crippen LogP contribution in [-0.4, -0.2) is 25.0 Å². The molecule has 184 valence electrons. The zero-order valence-electron chi connectivity index (χ0n) is 21.0. The predicted molar refractivity (Wildman–Crippen MR) is 138 cm³/mol. The lowest BCUT2D eigenvalue weighted by atomic mass is 10.0. The van der Waals surface area contributed by atoms with Crippen LogP contribution in [0.4, 0.5) is 10.5 Å². The molecule has 3 aromatic rings. The van der Waals surface area contributed by atoms with E-state index in [4.69, 9.17) is 9.47 Å². The van der Waals surface area contributed by atoms with Gasteiger partial charge in [0.05, 0.1) is 12.8 Å². The van der Waals surface area contributed by atoms with Crippen molar-refractivity contribution >= 4 is 29.6 Å². The summed E-state index contributed by atoms with van der Waals surface area (Å²) in [5.74, 6) is -0.452. The molecule has 1 saturated heterocycles. The minimum atomic E-state index is -0.781. The monoisotopic (exact) mass is 484 g/mol. The highest BCUT2D eigenvalue weighted by Gasteiger charge is 2.37. The van der Waals surface area contributed by atoms with E-state index in [1.54, 1.807) is 38.3 Å². The van der Waals surface area contributed by atoms with Gasteiger partial charge >= 0.3 is 6.03 Å². The van der Waals surface area contributed by atoms with Gasteiger partial charge in [-0.25, -0.2) is 9.69 Å². The van der Waals surface area contributed by atoms with Crippen molar-refractivity contribution in [3.8, 4) is 11.5 Å². The molecule has 1 fully saturated rings. The van der Waals surface area contributed by atoms with Gasteiger partial charge in [0.1, 0.15) is 23.7 Å². The fourth-order valence-corrected chi connectivity index (χ4v) is 4.19. The van der Waals surface area contributed by atoms with E-state index < -0.39 is 17.8 Å². The summed E-state index contributed by atoms with van der Waals surface area (Å²) in [6.07, 6.45) is 1.44. The maximum atomic E-state index is 13.4. The van der Waals surface area contributed by atoms with Crippen LogP contribution in [0.15, 0.2) is 60.2 Å². The molecule has 0 unspecified atom stereocenters. The predicted octanol–water partition coefficient (Wildman–Crippen LogP) is 5.17. The number of nitrogens with one attached hydrogen (secondary N) is 1. The number of amides is 4. The van der Waals surface area contributed by atoms with E-state index >= 15 is 0 Å². The molecule has 1 heterocycles. The SMILES string of the molecule is COc1ccc(/C=C2\C(=O)NC(=O)N(c3cc(C)ccc3C)C2=O)c(OCc2cc(C)cc(C)c2)c1. The van der Waals surface area contributed by atoms with Gasteiger partial charge in [0.2, 0.25) is 0 Å². The molecule has 7 nitrogen and oxygen atoms in total. The number of aryl methyl sites for hydroxylation is 4. The lowest BCUT2D eigenvalue weighted by Gasteiger charge is -2.28. The molecule has 0 bridgehead atoms. The smallest absolute Gasteiger partial charge is 0.335 e. The van der Waals surface area contributed by atoms with Crippen LogP contribution in [0.25, 0.3) is 6.08 Å². The Morgan fingerprint density at radius 3 is 2.28 bits per heavy atom. The summed E-state index contributed by atoms with van der Waals surface area (Å²) in [7, 11) is 1.55. The molecule has 3 aromatic carbocycles. The number of hydrogen-bond acceptors (Lipinski definition) is 5. The molecule has 1 N–H and O–H groups in total. The minimum Gasteiger partial charge on any atom is -0.497 e. The molecule has 7 heteroatoms. The van der Waals surface area contributed by atoms with Gasteiger partial charge in [0, 0.05) is 11.6 Å². The van der Waals surface area contributed by atoms with Gasteiger partial charge in [-0.15, -0.1) is 0 Å². The number of urea groups is 1. The number of methoxy groups -OCH3 is 1. The minimum absolute atomic E-state index is 0.170. The highest BCUT2D eigenvalue weighted by molar-refractivity contribution is 6.39. The van der Waals surface area contributed by atoms with Crippen molar-refractivity contribution in [1.29, 1.82) is 0 Å². The second kappa shape index (κ2) is 10.1. The fourth-order valence-electron chi connectivity index (χ4n) is 4.19. The molecule has 1 aliphatic rings. The van der Waals surface area contributed by atoms with Crippen molar-refractivity contribution in [1.82, 2.24) is 5.32 Å². The molecule has 0 atom stereocenters. The summed E-state index contributed by atoms with van der Waals surface area (Å²) < 4.78 is 11.5. The molecule has 0 aliphatic carbocycles. The lowest BCUT2D eigenvalue weighted by molar-refractivity contribution is -0.122. The molecule has 0 spiro atoms. The van der Waals surface area contributed by atoms with Crippen LogP contribution in [0, 0.1) is 27.7 Å². The largest absolute Gasteiger partial charge is 0.497 e. The van der Waals surface area contributed by atoms with Crippen molar-refractivity contribution in [3.63, 3.8) is 0 Å². The Labute approximate surface area is 210 Å². The number of hydrogen-bond donors (Lipinski definition) is 1. The van der Waals surface area contributed by atoms with Crippen LogP contribution >= 0.6 is 0 Å². The second-order valence-electron chi connectivity index (χ2n) is 8.94. The van der Waals surface area contributed by atoms with E-state index in [0.29, 0.717) is 29.4 Å². The number of carbonyl (C=O) groups is 3. The molecule has 36 heavy (non-hydrogen) atoms. The summed E-state index contributed by atoms with van der Waals surface area (Å²) in [5, 5.41) is 2.28. The van der Waals surface area contributed by atoms with E-state index in [1.165, 1.54) is 6.08 Å². The van der Waals surface area contributed by atoms with Crippen molar-refractivity contribution in [2.75, 3.05) is 12.0 Å². The Balaban J connectivity index is 1.71. The second-order valence-corrected chi connectivity index (χ2v) is 8.94. The lowest BCUT2D eigenvalue weighted by Crippen LogP contribution is -2.54. The van der Waals surface area contributed by atoms with Gasteiger partial charge < -0.3 is 9.47 Å². The summed E-state index contributed by atoms with van der Waals surface area (Å²) in [4.78, 5) is 39.8. The number of anilines is 1. The van der Waals surface area contributed by atoms with Gasteiger partial charge in [-0.2, -0.15) is 0 Å². The number of nitrogens with zero attached hydrogens (tertiary/aromatic N) is 1. The molecular weight excluding hydrogens is 456 g/mol. The van der Waals surface area contributed by atoms with Crippen molar-refractivity contribution in [2.45, 2.75) is 34.3 Å². The van der Waals surface area contributed by atoms with E-state index in [9.17, 15) is 14.4 Å². The Morgan fingerprint density at radius 2 is 1.58 bits per heavy atom. The van der Waals surface area contributed by atoms with Crippen molar-refractivity contribution < 1.29 is 23.9 Å². The number of barbiturate groups is 1.